The highest BCUT2D eigenvalue weighted by Gasteiger charge is 2.18. The van der Waals surface area contributed by atoms with Gasteiger partial charge in [-0.05, 0) is 0 Å². The van der Waals surface area contributed by atoms with E-state index in [2.05, 4.69) is 0 Å². The van der Waals surface area contributed by atoms with Gasteiger partial charge in [-0.1, -0.05) is 0 Å². The third-order valence-corrected chi connectivity index (χ3v) is 2.10. The van der Waals surface area contributed by atoms with Crippen LogP contribution in [0.1, 0.15) is 12.8 Å². The lowest BCUT2D eigenvalue weighted by Gasteiger charge is -2.19. The first-order valence-corrected chi connectivity index (χ1v) is 3.83. The average Bonchev–Trinajstić information content (AvgIpc) is 1.88. The lowest BCUT2D eigenvalue weighted by molar-refractivity contribution is -0.150. The minimum Gasteiger partial charge on any atom is -0.466 e. The van der Waals surface area contributed by atoms with E-state index < -0.39 is 0 Å². The lowest BCUT2D eigenvalue weighted by Crippen LogP contribution is -2.26. The van der Waals surface area contributed by atoms with Crippen molar-refractivity contribution in [1.29, 1.82) is 0 Å². The largest absolute Gasteiger partial charge is 0.466 e. The summed E-state index contributed by atoms with van der Waals surface area (Å²) in [5.41, 5.74) is 0. The maximum Gasteiger partial charge on any atom is 0.308 e. The molecule has 52 valence electrons. The van der Waals surface area contributed by atoms with Gasteiger partial charge in [-0.2, -0.15) is 0 Å². The Balaban J connectivity index is 2.32. The first-order chi connectivity index (χ1) is 4.33. The van der Waals surface area contributed by atoms with Crippen molar-refractivity contribution in [2.24, 2.45) is 0 Å². The van der Waals surface area contributed by atoms with Crippen molar-refractivity contribution in [1.82, 2.24) is 0 Å². The molecule has 0 aromatic rings. The van der Waals surface area contributed by atoms with Crippen molar-refractivity contribution in [3.8, 4) is 0 Å². The second-order valence-corrected chi connectivity index (χ2v) is 2.54. The molecular formula is C5H10O3Si. The number of cyclic esters (lactones) is 1. The average molecular weight is 146 g/mol. The number of rotatable bonds is 1. The smallest absolute Gasteiger partial charge is 0.308 e. The second kappa shape index (κ2) is 2.98. The molecule has 0 aromatic carbocycles. The van der Waals surface area contributed by atoms with E-state index in [1.807, 2.05) is 0 Å². The minimum absolute atomic E-state index is 0.123. The summed E-state index contributed by atoms with van der Waals surface area (Å²) in [6, 6.07) is 0. The van der Waals surface area contributed by atoms with Crippen LogP contribution >= 0.6 is 0 Å². The van der Waals surface area contributed by atoms with Crippen molar-refractivity contribution in [2.45, 2.75) is 18.9 Å². The summed E-state index contributed by atoms with van der Waals surface area (Å²) in [5, 5.41) is 0. The molecule has 1 heterocycles. The summed E-state index contributed by atoms with van der Waals surface area (Å²) in [5.74, 6) is -0.123. The van der Waals surface area contributed by atoms with E-state index in [0.29, 0.717) is 23.5 Å². The number of ether oxygens (including phenoxy) is 1. The zero-order valence-electron chi connectivity index (χ0n) is 5.42. The first-order valence-electron chi connectivity index (χ1n) is 3.01. The topological polar surface area (TPSA) is 35.5 Å². The molecule has 0 aromatic heterocycles. The molecule has 0 spiro atoms. The maximum absolute atomic E-state index is 10.5. The van der Waals surface area contributed by atoms with Gasteiger partial charge < -0.3 is 9.16 Å². The van der Waals surface area contributed by atoms with Crippen LogP contribution in [0.4, 0.5) is 0 Å². The van der Waals surface area contributed by atoms with Crippen LogP contribution in [-0.2, 0) is 14.0 Å². The van der Waals surface area contributed by atoms with Gasteiger partial charge in [0.25, 0.3) is 0 Å². The van der Waals surface area contributed by atoms with Crippen molar-refractivity contribution < 1.29 is 14.0 Å². The van der Waals surface area contributed by atoms with Gasteiger partial charge >= 0.3 is 5.97 Å². The van der Waals surface area contributed by atoms with Gasteiger partial charge in [0.1, 0.15) is 10.5 Å². The zero-order chi connectivity index (χ0) is 6.69. The van der Waals surface area contributed by atoms with Gasteiger partial charge in [-0.15, -0.1) is 0 Å². The van der Waals surface area contributed by atoms with E-state index in [4.69, 9.17) is 9.16 Å². The van der Waals surface area contributed by atoms with Crippen LogP contribution in [0.5, 0.6) is 0 Å². The van der Waals surface area contributed by atoms with Gasteiger partial charge in [-0.3, -0.25) is 4.79 Å². The summed E-state index contributed by atoms with van der Waals surface area (Å²) in [4.78, 5) is 10.5. The van der Waals surface area contributed by atoms with E-state index in [-0.39, 0.29) is 12.1 Å². The Morgan fingerprint density at radius 1 is 1.78 bits per heavy atom. The standard InChI is InChI=1S/C5H10O3Si/c6-5-3-4(8-9)1-2-7-5/h4H,1-3H2,9H3. The Bertz CT molecular complexity index is 115. The molecule has 3 nitrogen and oxygen atoms in total. The molecule has 1 unspecified atom stereocenters. The number of carbonyl (C=O) groups is 1. The van der Waals surface area contributed by atoms with Crippen LogP contribution in [0.15, 0.2) is 0 Å². The van der Waals surface area contributed by atoms with Crippen LogP contribution in [0.2, 0.25) is 0 Å². The third-order valence-electron chi connectivity index (χ3n) is 1.43. The molecule has 1 rings (SSSR count). The van der Waals surface area contributed by atoms with Crippen LogP contribution in [0.3, 0.4) is 0 Å². The van der Waals surface area contributed by atoms with Crippen LogP contribution in [0.25, 0.3) is 0 Å². The first kappa shape index (κ1) is 6.76. The molecule has 1 fully saturated rings. The van der Waals surface area contributed by atoms with Crippen molar-refractivity contribution >= 4 is 16.5 Å². The molecule has 0 bridgehead atoms. The predicted molar refractivity (Wildman–Crippen MR) is 35.0 cm³/mol. The monoisotopic (exact) mass is 146 g/mol. The van der Waals surface area contributed by atoms with Gasteiger partial charge in [0.2, 0.25) is 0 Å². The molecule has 1 aliphatic heterocycles. The highest BCUT2D eigenvalue weighted by molar-refractivity contribution is 5.98. The second-order valence-electron chi connectivity index (χ2n) is 2.07. The van der Waals surface area contributed by atoms with E-state index in [9.17, 15) is 4.79 Å². The Kier molecular flexibility index (Phi) is 2.24. The van der Waals surface area contributed by atoms with Crippen LogP contribution < -0.4 is 0 Å². The molecule has 0 radical (unpaired) electrons. The molecule has 9 heavy (non-hydrogen) atoms. The molecule has 0 N–H and O–H groups in total. The number of hydrogen-bond donors (Lipinski definition) is 0. The fourth-order valence-corrected chi connectivity index (χ4v) is 1.25. The molecule has 0 saturated carbocycles. The summed E-state index contributed by atoms with van der Waals surface area (Å²) in [6.45, 7) is 0.533. The van der Waals surface area contributed by atoms with Gasteiger partial charge in [-0.25, -0.2) is 0 Å². The summed E-state index contributed by atoms with van der Waals surface area (Å²) >= 11 is 0. The molecule has 0 amide bonds. The fraction of sp³-hybridized carbons (Fsp3) is 0.800. The molecule has 1 saturated heterocycles. The number of hydrogen-bond acceptors (Lipinski definition) is 3. The van der Waals surface area contributed by atoms with Crippen molar-refractivity contribution in [2.75, 3.05) is 6.61 Å². The highest BCUT2D eigenvalue weighted by Crippen LogP contribution is 2.09. The predicted octanol–water partition coefficient (Wildman–Crippen LogP) is -1.01. The number of esters is 1. The molecule has 1 atom stereocenters. The van der Waals surface area contributed by atoms with Crippen LogP contribution in [0, 0.1) is 0 Å². The SMILES string of the molecule is O=C1CC(O[SiH3])CCO1. The third kappa shape index (κ3) is 1.80. The Morgan fingerprint density at radius 2 is 2.56 bits per heavy atom. The van der Waals surface area contributed by atoms with Crippen LogP contribution in [-0.4, -0.2) is 29.2 Å². The van der Waals surface area contributed by atoms with E-state index in [1.54, 1.807) is 0 Å². The van der Waals surface area contributed by atoms with Gasteiger partial charge in [0, 0.05) is 6.42 Å². The molecule has 4 heteroatoms. The summed E-state index contributed by atoms with van der Waals surface area (Å²) in [6.07, 6.45) is 1.47. The van der Waals surface area contributed by atoms with E-state index >= 15 is 0 Å². The fourth-order valence-electron chi connectivity index (χ4n) is 0.852. The lowest BCUT2D eigenvalue weighted by atomic mass is 10.2. The van der Waals surface area contributed by atoms with Gasteiger partial charge in [0.05, 0.1) is 19.1 Å². The highest BCUT2D eigenvalue weighted by atomic mass is 28.2. The van der Waals surface area contributed by atoms with E-state index in [1.165, 1.54) is 0 Å². The Hall–Kier alpha value is -0.353. The number of carbonyl (C=O) groups excluding carboxylic acids is 1. The normalized spacial score (nSPS) is 28.0. The zero-order valence-corrected chi connectivity index (χ0v) is 7.42. The molecule has 0 aliphatic carbocycles. The quantitative estimate of drug-likeness (QED) is 0.351. The summed E-state index contributed by atoms with van der Waals surface area (Å²) < 4.78 is 9.81. The minimum atomic E-state index is -0.123. The van der Waals surface area contributed by atoms with Gasteiger partial charge in [0.15, 0.2) is 0 Å². The molecule has 1 aliphatic rings. The Morgan fingerprint density at radius 3 is 3.00 bits per heavy atom. The Labute approximate surface area is 56.9 Å². The van der Waals surface area contributed by atoms with Crippen molar-refractivity contribution in [3.05, 3.63) is 0 Å². The summed E-state index contributed by atoms with van der Waals surface area (Å²) in [7, 11) is 0.713. The molecular weight excluding hydrogens is 136 g/mol. The maximum atomic E-state index is 10.5. The van der Waals surface area contributed by atoms with E-state index in [0.717, 1.165) is 6.42 Å². The van der Waals surface area contributed by atoms with Crippen molar-refractivity contribution in [3.63, 3.8) is 0 Å².